The fourth-order valence-corrected chi connectivity index (χ4v) is 3.37. The highest BCUT2D eigenvalue weighted by atomic mass is 35.5. The Bertz CT molecular complexity index is 1050. The normalized spacial score (nSPS) is 10.8. The zero-order valence-electron chi connectivity index (χ0n) is 16.7. The largest absolute Gasteiger partial charge is 0.481 e. The van der Waals surface area contributed by atoms with E-state index in [9.17, 15) is 13.2 Å². The van der Waals surface area contributed by atoms with Gasteiger partial charge in [0.25, 0.3) is 0 Å². The van der Waals surface area contributed by atoms with Crippen molar-refractivity contribution in [3.8, 4) is 11.8 Å². The second-order valence-electron chi connectivity index (χ2n) is 5.87. The minimum Gasteiger partial charge on any atom is -0.481 e. The minimum atomic E-state index is -4.37. The number of benzene rings is 1. The summed E-state index contributed by atoms with van der Waals surface area (Å²) in [5, 5.41) is 10.5. The van der Waals surface area contributed by atoms with E-state index in [4.69, 9.17) is 26.5 Å². The van der Waals surface area contributed by atoms with E-state index in [1.165, 1.54) is 26.4 Å². The van der Waals surface area contributed by atoms with E-state index in [-0.39, 0.29) is 29.1 Å². The maximum Gasteiger partial charge on any atom is 0.336 e. The van der Waals surface area contributed by atoms with E-state index in [1.54, 1.807) is 24.6 Å². The van der Waals surface area contributed by atoms with Crippen molar-refractivity contribution in [2.45, 2.75) is 20.3 Å². The Morgan fingerprint density at radius 2 is 1.80 bits per heavy atom. The molecule has 0 fully saturated rings. The van der Waals surface area contributed by atoms with Gasteiger partial charge in [-0.05, 0) is 31.0 Å². The van der Waals surface area contributed by atoms with Crippen molar-refractivity contribution in [3.63, 3.8) is 0 Å². The van der Waals surface area contributed by atoms with Crippen LogP contribution in [0, 0.1) is 12.3 Å². The molecule has 0 saturated carbocycles. The molecule has 0 saturated heterocycles. The summed E-state index contributed by atoms with van der Waals surface area (Å²) in [5.74, 6) is -0.0166. The highest BCUT2D eigenvalue weighted by Gasteiger charge is 2.21. The molecule has 0 unspecified atom stereocenters. The molecule has 4 N–H and O–H groups in total. The van der Waals surface area contributed by atoms with Crippen molar-refractivity contribution in [3.05, 3.63) is 34.3 Å². The van der Waals surface area contributed by atoms with Crippen molar-refractivity contribution in [2.24, 2.45) is 0 Å². The molecule has 13 heteroatoms. The summed E-state index contributed by atoms with van der Waals surface area (Å²) < 4.78 is 39.0. The Labute approximate surface area is 178 Å². The molecule has 162 valence electrons. The maximum atomic E-state index is 12.5. The zero-order valence-corrected chi connectivity index (χ0v) is 18.2. The van der Waals surface area contributed by atoms with Crippen LogP contribution in [-0.4, -0.2) is 44.3 Å². The van der Waals surface area contributed by atoms with Crippen LogP contribution in [0.1, 0.15) is 24.5 Å². The lowest BCUT2D eigenvalue weighted by molar-refractivity contribution is 0.256. The molecule has 0 aliphatic carbocycles. The quantitative estimate of drug-likeness (QED) is 0.445. The fourth-order valence-electron chi connectivity index (χ4n) is 2.34. The van der Waals surface area contributed by atoms with E-state index in [0.717, 1.165) is 0 Å². The monoisotopic (exact) mass is 456 g/mol. The first kappa shape index (κ1) is 23.2. The summed E-state index contributed by atoms with van der Waals surface area (Å²) in [6, 6.07) is 3.37. The zero-order chi connectivity index (χ0) is 22.5. The van der Waals surface area contributed by atoms with Crippen molar-refractivity contribution in [1.82, 2.24) is 14.7 Å². The second kappa shape index (κ2) is 9.59. The number of nitrogens with one attached hydrogen (secondary N) is 4. The number of rotatable bonds is 8. The predicted octanol–water partition coefficient (Wildman–Crippen LogP) is 2.71. The predicted molar refractivity (Wildman–Crippen MR) is 113 cm³/mol. The first-order chi connectivity index (χ1) is 14.1. The van der Waals surface area contributed by atoms with Gasteiger partial charge in [0.15, 0.2) is 0 Å². The van der Waals surface area contributed by atoms with Crippen LogP contribution in [0.3, 0.4) is 0 Å². The highest BCUT2D eigenvalue weighted by Crippen LogP contribution is 2.29. The Morgan fingerprint density at radius 3 is 2.33 bits per heavy atom. The molecule has 0 spiro atoms. The topological polar surface area (TPSA) is 155 Å². The molecule has 0 aliphatic rings. The number of carbonyl (C=O) groups is 1. The van der Waals surface area contributed by atoms with Gasteiger partial charge < -0.3 is 14.9 Å². The van der Waals surface area contributed by atoms with Gasteiger partial charge in [0.1, 0.15) is 0 Å². The van der Waals surface area contributed by atoms with Crippen LogP contribution in [0.5, 0.6) is 11.8 Å². The molecule has 0 atom stereocenters. The number of halogens is 1. The van der Waals surface area contributed by atoms with Gasteiger partial charge in [0.2, 0.25) is 17.7 Å². The molecule has 1 aromatic heterocycles. The lowest BCUT2D eigenvalue weighted by atomic mass is 10.0. The molecule has 0 radical (unpaired) electrons. The summed E-state index contributed by atoms with van der Waals surface area (Å²) in [6.45, 7) is 3.36. The average Bonchev–Trinajstić information content (AvgIpc) is 2.69. The van der Waals surface area contributed by atoms with Crippen LogP contribution < -0.4 is 24.2 Å². The number of methoxy groups -OCH3 is 2. The van der Waals surface area contributed by atoms with Gasteiger partial charge >= 0.3 is 16.2 Å². The van der Waals surface area contributed by atoms with Crippen LogP contribution >= 0.6 is 11.6 Å². The smallest absolute Gasteiger partial charge is 0.336 e. The van der Waals surface area contributed by atoms with E-state index >= 15 is 0 Å². The average molecular weight is 457 g/mol. The van der Waals surface area contributed by atoms with Gasteiger partial charge in [0.05, 0.1) is 26.0 Å². The molecule has 0 aliphatic heterocycles. The summed E-state index contributed by atoms with van der Waals surface area (Å²) in [7, 11) is -1.65. The first-order valence-electron chi connectivity index (χ1n) is 8.55. The van der Waals surface area contributed by atoms with Gasteiger partial charge in [0, 0.05) is 16.3 Å². The number of aromatic nitrogens is 2. The lowest BCUT2D eigenvalue weighted by Crippen LogP contribution is -2.39. The van der Waals surface area contributed by atoms with Crippen LogP contribution in [0.15, 0.2) is 18.2 Å². The number of hydrogen-bond donors (Lipinski definition) is 4. The Morgan fingerprint density at radius 1 is 1.20 bits per heavy atom. The first-order valence-corrected chi connectivity index (χ1v) is 10.4. The molecule has 2 aromatic rings. The Hall–Kier alpha value is -3.12. The van der Waals surface area contributed by atoms with Crippen molar-refractivity contribution in [2.75, 3.05) is 24.3 Å². The number of amides is 2. The third-order valence-corrected chi connectivity index (χ3v) is 5.20. The molecule has 2 amide bonds. The molecule has 11 nitrogen and oxygen atoms in total. The molecule has 2 rings (SSSR count). The summed E-state index contributed by atoms with van der Waals surface area (Å²) in [6.07, 6.45) is 0.374. The summed E-state index contributed by atoms with van der Waals surface area (Å²) >= 11 is 6.09. The van der Waals surface area contributed by atoms with E-state index < -0.39 is 16.2 Å². The Kier molecular flexibility index (Phi) is 7.40. The van der Waals surface area contributed by atoms with Gasteiger partial charge in [-0.3, -0.25) is 10.0 Å². The van der Waals surface area contributed by atoms with E-state index in [0.29, 0.717) is 22.6 Å². The lowest BCUT2D eigenvalue weighted by Gasteiger charge is -2.17. The van der Waals surface area contributed by atoms with Gasteiger partial charge in [-0.1, -0.05) is 18.5 Å². The third kappa shape index (κ3) is 5.70. The number of urea groups is 1. The van der Waals surface area contributed by atoms with Crippen LogP contribution in [0.2, 0.25) is 5.02 Å². The molecule has 0 bridgehead atoms. The van der Waals surface area contributed by atoms with Gasteiger partial charge in [-0.15, -0.1) is 0 Å². The van der Waals surface area contributed by atoms with Crippen LogP contribution in [0.4, 0.5) is 16.4 Å². The van der Waals surface area contributed by atoms with Crippen molar-refractivity contribution < 1.29 is 22.7 Å². The second-order valence-corrected chi connectivity index (χ2v) is 7.69. The number of carbonyl (C=O) groups excluding carboxylic acids is 1. The highest BCUT2D eigenvalue weighted by molar-refractivity contribution is 7.91. The summed E-state index contributed by atoms with van der Waals surface area (Å²) in [4.78, 5) is 19.9. The van der Waals surface area contributed by atoms with Gasteiger partial charge in [-0.25, -0.2) is 9.52 Å². The Balaban J connectivity index is 2.23. The molecular formula is C17H21ClN6O5S. The molecular weight excluding hydrogens is 436 g/mol. The van der Waals surface area contributed by atoms with Crippen molar-refractivity contribution in [1.29, 1.82) is 5.41 Å². The fraction of sp³-hybridized carbons (Fsp3) is 0.294. The number of nitrogens with zero attached hydrogens (tertiary/aromatic N) is 2. The molecule has 1 aromatic carbocycles. The molecule has 1 heterocycles. The standard InChI is InChI=1S/C17H21ClN6O5S/c1-5-12(19)10-6-7-11(18)9(2)15(10)23-30(26,27)24-17(25)22-16-20-13(28-3)8-14(21-16)29-4/h6-8,19,23H,5H2,1-4H3,(H2,20,21,22,24,25). The van der Waals surface area contributed by atoms with E-state index in [2.05, 4.69) is 20.0 Å². The molecule has 30 heavy (non-hydrogen) atoms. The number of ether oxygens (including phenoxy) is 2. The van der Waals surface area contributed by atoms with Crippen LogP contribution in [0.25, 0.3) is 0 Å². The van der Waals surface area contributed by atoms with Crippen LogP contribution in [-0.2, 0) is 10.2 Å². The number of hydrogen-bond acceptors (Lipinski definition) is 8. The maximum absolute atomic E-state index is 12.5. The van der Waals surface area contributed by atoms with Gasteiger partial charge in [-0.2, -0.15) is 18.4 Å². The SMILES string of the molecule is CCC(=N)c1ccc(Cl)c(C)c1NS(=O)(=O)NC(=O)Nc1nc(OC)cc(OC)n1. The van der Waals surface area contributed by atoms with E-state index in [1.807, 2.05) is 0 Å². The summed E-state index contributed by atoms with van der Waals surface area (Å²) in [5.41, 5.74) is 1.08. The van der Waals surface area contributed by atoms with Crippen molar-refractivity contribution >= 4 is 45.2 Å². The number of anilines is 2. The third-order valence-electron chi connectivity index (χ3n) is 3.86. The minimum absolute atomic E-state index is 0.106.